The van der Waals surface area contributed by atoms with Crippen molar-refractivity contribution in [3.8, 4) is 5.97 Å². The van der Waals surface area contributed by atoms with Crippen LogP contribution in [0.2, 0.25) is 5.82 Å². The first-order valence-corrected chi connectivity index (χ1v) is 5.36. The molecule has 1 rings (SSSR count). The minimum atomic E-state index is 0.640. The van der Waals surface area contributed by atoms with Gasteiger partial charge >= 0.3 is 0 Å². The molecule has 0 bridgehead atoms. The second kappa shape index (κ2) is 5.29. The predicted octanol–water partition coefficient (Wildman–Crippen LogP) is 1.59. The first-order chi connectivity index (χ1) is 6.29. The Morgan fingerprint density at radius 2 is 2.31 bits per heavy atom. The highest BCUT2D eigenvalue weighted by Crippen LogP contribution is 2.33. The molecule has 1 fully saturated rings. The Bertz CT molecular complexity index is 188. The second-order valence-electron chi connectivity index (χ2n) is 4.10. The summed E-state index contributed by atoms with van der Waals surface area (Å²) < 4.78 is 0. The summed E-state index contributed by atoms with van der Waals surface area (Å²) >= 11 is 0. The van der Waals surface area contributed by atoms with E-state index in [0.717, 1.165) is 7.28 Å². The minimum Gasteiger partial charge on any atom is -0.304 e. The lowest BCUT2D eigenvalue weighted by Gasteiger charge is -2.27. The molecule has 1 saturated carbocycles. The second-order valence-corrected chi connectivity index (χ2v) is 4.10. The van der Waals surface area contributed by atoms with E-state index in [9.17, 15) is 0 Å². The molecule has 0 spiro atoms. The van der Waals surface area contributed by atoms with Gasteiger partial charge in [-0.2, -0.15) is 0 Å². The fourth-order valence-corrected chi connectivity index (χ4v) is 2.47. The molecule has 0 N–H and O–H groups in total. The third kappa shape index (κ3) is 2.74. The van der Waals surface area contributed by atoms with Crippen LogP contribution in [0.1, 0.15) is 32.6 Å². The molecule has 0 aromatic heterocycles. The fraction of sp³-hybridized carbons (Fsp3) is 0.900. The summed E-state index contributed by atoms with van der Waals surface area (Å²) in [5.41, 5.74) is 0. The van der Waals surface area contributed by atoms with Crippen LogP contribution in [0.15, 0.2) is 0 Å². The standard InChI is InChI=1S/C10H19BN2/c1-3-7-13(2)10-6-4-5-9(10)11-8-12/h9-11H,3-7H2,1-2H3/t9?,10-/m0/s1. The molecule has 0 aliphatic heterocycles. The first-order valence-electron chi connectivity index (χ1n) is 5.36. The van der Waals surface area contributed by atoms with Gasteiger partial charge in [0.15, 0.2) is 0 Å². The van der Waals surface area contributed by atoms with Crippen molar-refractivity contribution < 1.29 is 0 Å². The number of nitrogens with zero attached hydrogens (tertiary/aromatic N) is 2. The van der Waals surface area contributed by atoms with Crippen LogP contribution in [0, 0.1) is 11.2 Å². The predicted molar refractivity (Wildman–Crippen MR) is 57.1 cm³/mol. The van der Waals surface area contributed by atoms with E-state index in [0.29, 0.717) is 11.9 Å². The monoisotopic (exact) mass is 178 g/mol. The maximum atomic E-state index is 8.69. The largest absolute Gasteiger partial charge is 0.304 e. The van der Waals surface area contributed by atoms with Gasteiger partial charge < -0.3 is 4.90 Å². The zero-order valence-corrected chi connectivity index (χ0v) is 8.79. The van der Waals surface area contributed by atoms with Gasteiger partial charge in [0.05, 0.1) is 0 Å². The van der Waals surface area contributed by atoms with E-state index in [1.54, 1.807) is 0 Å². The van der Waals surface area contributed by atoms with Gasteiger partial charge in [0, 0.05) is 6.04 Å². The Kier molecular flexibility index (Phi) is 4.31. The number of rotatable bonds is 4. The fourth-order valence-electron chi connectivity index (χ4n) is 2.47. The first kappa shape index (κ1) is 10.6. The topological polar surface area (TPSA) is 27.0 Å². The molecule has 0 radical (unpaired) electrons. The van der Waals surface area contributed by atoms with Crippen LogP contribution in [0.5, 0.6) is 0 Å². The highest BCUT2D eigenvalue weighted by Gasteiger charge is 2.30. The van der Waals surface area contributed by atoms with E-state index in [1.165, 1.54) is 32.2 Å². The van der Waals surface area contributed by atoms with Crippen LogP contribution in [-0.4, -0.2) is 31.8 Å². The molecule has 0 heterocycles. The Labute approximate surface area is 82.2 Å². The molecular weight excluding hydrogens is 159 g/mol. The van der Waals surface area contributed by atoms with Gasteiger partial charge in [0.2, 0.25) is 0 Å². The van der Waals surface area contributed by atoms with E-state index in [2.05, 4.69) is 24.8 Å². The smallest absolute Gasteiger partial charge is 0.254 e. The van der Waals surface area contributed by atoms with Crippen LogP contribution in [-0.2, 0) is 0 Å². The van der Waals surface area contributed by atoms with Crippen molar-refractivity contribution in [1.29, 1.82) is 5.26 Å². The van der Waals surface area contributed by atoms with Gasteiger partial charge in [-0.3, -0.25) is 0 Å². The van der Waals surface area contributed by atoms with Gasteiger partial charge in [-0.25, -0.2) is 5.26 Å². The summed E-state index contributed by atoms with van der Waals surface area (Å²) in [5.74, 6) is 2.95. The van der Waals surface area contributed by atoms with E-state index >= 15 is 0 Å². The molecule has 1 aliphatic carbocycles. The molecule has 1 unspecified atom stereocenters. The molecule has 0 amide bonds. The Balaban J connectivity index is 2.43. The summed E-state index contributed by atoms with van der Waals surface area (Å²) in [6, 6.07) is 0.680. The Morgan fingerprint density at radius 1 is 1.54 bits per heavy atom. The summed E-state index contributed by atoms with van der Waals surface area (Å²) in [6.45, 7) is 3.39. The van der Waals surface area contributed by atoms with Crippen LogP contribution in [0.3, 0.4) is 0 Å². The number of hydrogen-bond donors (Lipinski definition) is 0. The lowest BCUT2D eigenvalue weighted by Crippen LogP contribution is -2.34. The van der Waals surface area contributed by atoms with Crippen LogP contribution in [0.25, 0.3) is 0 Å². The van der Waals surface area contributed by atoms with Crippen molar-refractivity contribution in [3.63, 3.8) is 0 Å². The van der Waals surface area contributed by atoms with Crippen LogP contribution < -0.4 is 0 Å². The quantitative estimate of drug-likeness (QED) is 0.611. The van der Waals surface area contributed by atoms with E-state index in [1.807, 2.05) is 0 Å². The van der Waals surface area contributed by atoms with Gasteiger partial charge in [0.25, 0.3) is 7.28 Å². The maximum absolute atomic E-state index is 8.69. The van der Waals surface area contributed by atoms with E-state index in [-0.39, 0.29) is 0 Å². The van der Waals surface area contributed by atoms with Crippen molar-refractivity contribution in [1.82, 2.24) is 4.90 Å². The van der Waals surface area contributed by atoms with Gasteiger partial charge in [0.1, 0.15) is 0 Å². The van der Waals surface area contributed by atoms with Gasteiger partial charge in [-0.15, -0.1) is 0 Å². The summed E-state index contributed by atoms with van der Waals surface area (Å²) in [7, 11) is 2.95. The van der Waals surface area contributed by atoms with Crippen molar-refractivity contribution in [2.75, 3.05) is 13.6 Å². The molecule has 0 aromatic rings. The Hall–Kier alpha value is -0.485. The average molecular weight is 178 g/mol. The molecule has 3 heteroatoms. The molecule has 1 aliphatic rings. The van der Waals surface area contributed by atoms with E-state index < -0.39 is 0 Å². The molecule has 13 heavy (non-hydrogen) atoms. The third-order valence-electron chi connectivity index (χ3n) is 3.11. The molecule has 0 saturated heterocycles. The van der Waals surface area contributed by atoms with Crippen molar-refractivity contribution in [3.05, 3.63) is 0 Å². The molecular formula is C10H19BN2. The lowest BCUT2D eigenvalue weighted by atomic mass is 9.63. The highest BCUT2D eigenvalue weighted by molar-refractivity contribution is 6.47. The lowest BCUT2D eigenvalue weighted by molar-refractivity contribution is 0.246. The zero-order chi connectivity index (χ0) is 9.68. The van der Waals surface area contributed by atoms with Crippen molar-refractivity contribution in [2.45, 2.75) is 44.5 Å². The Morgan fingerprint density at radius 3 is 2.92 bits per heavy atom. The van der Waals surface area contributed by atoms with Gasteiger partial charge in [-0.05, 0) is 38.2 Å². The average Bonchev–Trinajstić information content (AvgIpc) is 2.54. The van der Waals surface area contributed by atoms with Crippen LogP contribution in [0.4, 0.5) is 0 Å². The minimum absolute atomic E-state index is 0.640. The molecule has 2 nitrogen and oxygen atoms in total. The normalized spacial score (nSPS) is 27.5. The zero-order valence-electron chi connectivity index (χ0n) is 8.79. The number of hydrogen-bond acceptors (Lipinski definition) is 2. The maximum Gasteiger partial charge on any atom is 0.254 e. The molecule has 2 atom stereocenters. The van der Waals surface area contributed by atoms with Crippen molar-refractivity contribution >= 4 is 7.28 Å². The summed E-state index contributed by atoms with van der Waals surface area (Å²) in [6.07, 6.45) is 5.08. The number of nitriles is 1. The summed E-state index contributed by atoms with van der Waals surface area (Å²) in [5, 5.41) is 8.69. The van der Waals surface area contributed by atoms with Crippen LogP contribution >= 0.6 is 0 Å². The summed E-state index contributed by atoms with van der Waals surface area (Å²) in [4.78, 5) is 2.44. The third-order valence-corrected chi connectivity index (χ3v) is 3.11. The van der Waals surface area contributed by atoms with Gasteiger partial charge in [-0.1, -0.05) is 19.8 Å². The van der Waals surface area contributed by atoms with E-state index in [4.69, 9.17) is 5.26 Å². The molecule has 72 valence electrons. The SMILES string of the molecule is CCCN(C)[C@H]1CCCC1BC#N. The molecule has 0 aromatic carbocycles. The highest BCUT2D eigenvalue weighted by atomic mass is 15.1. The van der Waals surface area contributed by atoms with Crippen molar-refractivity contribution in [2.24, 2.45) is 0 Å².